The minimum atomic E-state index is -0.479. The number of methoxy groups -OCH3 is 1. The molecular formula is C15H21N3O4S. The van der Waals surface area contributed by atoms with Crippen LogP contribution in [0.2, 0.25) is 0 Å². The van der Waals surface area contributed by atoms with Gasteiger partial charge in [0.25, 0.3) is 0 Å². The van der Waals surface area contributed by atoms with E-state index in [9.17, 15) is 4.79 Å². The molecule has 23 heavy (non-hydrogen) atoms. The van der Waals surface area contributed by atoms with E-state index in [2.05, 4.69) is 14.6 Å². The molecule has 0 unspecified atom stereocenters. The number of anilines is 1. The van der Waals surface area contributed by atoms with Crippen LogP contribution in [0.25, 0.3) is 0 Å². The molecule has 0 aromatic carbocycles. The molecule has 0 saturated heterocycles. The fourth-order valence-electron chi connectivity index (χ4n) is 2.06. The van der Waals surface area contributed by atoms with Crippen LogP contribution in [-0.4, -0.2) is 42.7 Å². The van der Waals surface area contributed by atoms with Crippen LogP contribution in [0.4, 0.5) is 5.13 Å². The smallest absolute Gasteiger partial charge is 0.373 e. The lowest BCUT2D eigenvalue weighted by Gasteiger charge is -2.20. The van der Waals surface area contributed by atoms with Crippen molar-refractivity contribution in [2.24, 2.45) is 0 Å². The van der Waals surface area contributed by atoms with E-state index in [1.54, 1.807) is 18.3 Å². The molecule has 0 fully saturated rings. The standard InChI is InChI=1S/C15H21N3O4S/c1-3-21-7-6-18(10-12-8-17-15(16)23-12)9-11-4-5-13(22-11)14(19)20-2/h4-5,8H,3,6-7,9-10H2,1-2H3,(H2,16,17). The summed E-state index contributed by atoms with van der Waals surface area (Å²) in [6.45, 7) is 5.24. The summed E-state index contributed by atoms with van der Waals surface area (Å²) >= 11 is 1.46. The number of rotatable bonds is 9. The number of furan rings is 1. The van der Waals surface area contributed by atoms with Crippen molar-refractivity contribution in [3.05, 3.63) is 34.7 Å². The number of nitrogens with two attached hydrogens (primary N) is 1. The van der Waals surface area contributed by atoms with Gasteiger partial charge in [0.1, 0.15) is 5.76 Å². The van der Waals surface area contributed by atoms with E-state index in [1.165, 1.54) is 18.4 Å². The zero-order chi connectivity index (χ0) is 16.7. The molecule has 0 aliphatic carbocycles. The van der Waals surface area contributed by atoms with Crippen LogP contribution in [0.3, 0.4) is 0 Å². The normalized spacial score (nSPS) is 11.1. The van der Waals surface area contributed by atoms with Crippen LogP contribution in [0, 0.1) is 0 Å². The lowest BCUT2D eigenvalue weighted by Crippen LogP contribution is -2.26. The summed E-state index contributed by atoms with van der Waals surface area (Å²) in [5.41, 5.74) is 5.67. The van der Waals surface area contributed by atoms with E-state index in [0.29, 0.717) is 37.2 Å². The fourth-order valence-corrected chi connectivity index (χ4v) is 2.79. The summed E-state index contributed by atoms with van der Waals surface area (Å²) in [7, 11) is 1.33. The average molecular weight is 339 g/mol. The molecule has 0 spiro atoms. The molecular weight excluding hydrogens is 318 g/mol. The Balaban J connectivity index is 2.00. The molecule has 126 valence electrons. The van der Waals surface area contributed by atoms with Crippen molar-refractivity contribution in [1.29, 1.82) is 0 Å². The molecule has 0 amide bonds. The van der Waals surface area contributed by atoms with E-state index in [-0.39, 0.29) is 5.76 Å². The van der Waals surface area contributed by atoms with Crippen LogP contribution in [0.5, 0.6) is 0 Å². The van der Waals surface area contributed by atoms with E-state index in [4.69, 9.17) is 14.9 Å². The summed E-state index contributed by atoms with van der Waals surface area (Å²) in [6.07, 6.45) is 1.77. The zero-order valence-corrected chi connectivity index (χ0v) is 14.1. The first-order valence-electron chi connectivity index (χ1n) is 7.29. The van der Waals surface area contributed by atoms with E-state index < -0.39 is 5.97 Å². The van der Waals surface area contributed by atoms with Crippen LogP contribution >= 0.6 is 11.3 Å². The lowest BCUT2D eigenvalue weighted by molar-refractivity contribution is 0.0559. The fraction of sp³-hybridized carbons (Fsp3) is 0.467. The monoisotopic (exact) mass is 339 g/mol. The van der Waals surface area contributed by atoms with E-state index in [1.807, 2.05) is 6.92 Å². The van der Waals surface area contributed by atoms with E-state index >= 15 is 0 Å². The second-order valence-corrected chi connectivity index (χ2v) is 5.98. The number of nitrogens with zero attached hydrogens (tertiary/aromatic N) is 2. The molecule has 0 bridgehead atoms. The number of hydrogen-bond acceptors (Lipinski definition) is 8. The highest BCUT2D eigenvalue weighted by atomic mass is 32.1. The van der Waals surface area contributed by atoms with Gasteiger partial charge in [-0.25, -0.2) is 9.78 Å². The van der Waals surface area contributed by atoms with Gasteiger partial charge in [0, 0.05) is 30.8 Å². The second kappa shape index (κ2) is 8.66. The molecule has 2 aromatic rings. The molecule has 0 aliphatic rings. The molecule has 0 atom stereocenters. The topological polar surface area (TPSA) is 90.8 Å². The Labute approximate surface area is 139 Å². The van der Waals surface area contributed by atoms with Gasteiger partial charge in [0.05, 0.1) is 20.3 Å². The van der Waals surface area contributed by atoms with Gasteiger partial charge in [0.15, 0.2) is 5.13 Å². The molecule has 0 saturated carbocycles. The van der Waals surface area contributed by atoms with Crippen LogP contribution < -0.4 is 5.73 Å². The predicted octanol–water partition coefficient (Wildman–Crippen LogP) is 2.14. The molecule has 2 rings (SSSR count). The largest absolute Gasteiger partial charge is 0.463 e. The number of carbonyl (C=O) groups excluding carboxylic acids is 1. The highest BCUT2D eigenvalue weighted by molar-refractivity contribution is 7.15. The third-order valence-corrected chi connectivity index (χ3v) is 3.95. The summed E-state index contributed by atoms with van der Waals surface area (Å²) in [4.78, 5) is 18.7. The van der Waals surface area contributed by atoms with Crippen LogP contribution in [0.15, 0.2) is 22.7 Å². The second-order valence-electron chi connectivity index (χ2n) is 4.83. The zero-order valence-electron chi connectivity index (χ0n) is 13.3. The number of hydrogen-bond donors (Lipinski definition) is 1. The molecule has 0 radical (unpaired) electrons. The lowest BCUT2D eigenvalue weighted by atomic mass is 10.3. The number of ether oxygens (including phenoxy) is 2. The van der Waals surface area contributed by atoms with Crippen molar-refractivity contribution in [2.75, 3.05) is 32.6 Å². The predicted molar refractivity (Wildman–Crippen MR) is 87.2 cm³/mol. The quantitative estimate of drug-likeness (QED) is 0.553. The maximum Gasteiger partial charge on any atom is 0.373 e. The third kappa shape index (κ3) is 5.34. The van der Waals surface area contributed by atoms with Gasteiger partial charge in [-0.05, 0) is 19.1 Å². The minimum absolute atomic E-state index is 0.203. The molecule has 0 aliphatic heterocycles. The Bertz CT molecular complexity index is 626. The van der Waals surface area contributed by atoms with Gasteiger partial charge in [-0.15, -0.1) is 11.3 Å². The SMILES string of the molecule is CCOCCN(Cc1ccc(C(=O)OC)o1)Cc1cnc(N)s1. The summed E-state index contributed by atoms with van der Waals surface area (Å²) < 4.78 is 15.6. The van der Waals surface area contributed by atoms with E-state index in [0.717, 1.165) is 11.4 Å². The number of nitrogen functional groups attached to an aromatic ring is 1. The van der Waals surface area contributed by atoms with Gasteiger partial charge in [-0.3, -0.25) is 4.90 Å². The van der Waals surface area contributed by atoms with Crippen molar-refractivity contribution < 1.29 is 18.7 Å². The summed E-state index contributed by atoms with van der Waals surface area (Å²) in [5.74, 6) is 0.418. The van der Waals surface area contributed by atoms with Gasteiger partial charge in [-0.1, -0.05) is 0 Å². The highest BCUT2D eigenvalue weighted by Gasteiger charge is 2.15. The molecule has 2 aromatic heterocycles. The van der Waals surface area contributed by atoms with Crippen LogP contribution in [0.1, 0.15) is 28.1 Å². The average Bonchev–Trinajstić information content (AvgIpc) is 3.16. The first-order chi connectivity index (χ1) is 11.1. The maximum atomic E-state index is 11.4. The Kier molecular flexibility index (Phi) is 6.57. The Morgan fingerprint density at radius 1 is 1.43 bits per heavy atom. The first-order valence-corrected chi connectivity index (χ1v) is 8.11. The highest BCUT2D eigenvalue weighted by Crippen LogP contribution is 2.19. The minimum Gasteiger partial charge on any atom is -0.463 e. The molecule has 2 heterocycles. The first kappa shape index (κ1) is 17.5. The molecule has 2 N–H and O–H groups in total. The van der Waals surface area contributed by atoms with Gasteiger partial charge in [-0.2, -0.15) is 0 Å². The summed E-state index contributed by atoms with van der Waals surface area (Å²) in [6, 6.07) is 3.40. The van der Waals surface area contributed by atoms with Crippen molar-refractivity contribution in [3.63, 3.8) is 0 Å². The Morgan fingerprint density at radius 2 is 2.26 bits per heavy atom. The Morgan fingerprint density at radius 3 is 2.91 bits per heavy atom. The third-order valence-electron chi connectivity index (χ3n) is 3.13. The number of aromatic nitrogens is 1. The molecule has 7 nitrogen and oxygen atoms in total. The van der Waals surface area contributed by atoms with Crippen molar-refractivity contribution >= 4 is 22.4 Å². The van der Waals surface area contributed by atoms with Gasteiger partial charge in [0.2, 0.25) is 5.76 Å². The number of thiazole rings is 1. The Hall–Kier alpha value is -1.90. The van der Waals surface area contributed by atoms with Crippen molar-refractivity contribution in [3.8, 4) is 0 Å². The van der Waals surface area contributed by atoms with Crippen molar-refractivity contribution in [1.82, 2.24) is 9.88 Å². The number of carbonyl (C=O) groups is 1. The number of esters is 1. The van der Waals surface area contributed by atoms with Gasteiger partial charge < -0.3 is 19.6 Å². The van der Waals surface area contributed by atoms with Crippen LogP contribution in [-0.2, 0) is 22.6 Å². The van der Waals surface area contributed by atoms with Gasteiger partial charge >= 0.3 is 5.97 Å². The maximum absolute atomic E-state index is 11.4. The summed E-state index contributed by atoms with van der Waals surface area (Å²) in [5, 5.41) is 0.552. The van der Waals surface area contributed by atoms with Crippen molar-refractivity contribution in [2.45, 2.75) is 20.0 Å². The molecule has 8 heteroatoms.